The van der Waals surface area contributed by atoms with E-state index in [1.54, 1.807) is 5.56 Å². The zero-order chi connectivity index (χ0) is 13.7. The Morgan fingerprint density at radius 2 is 1.95 bits per heavy atom. The Morgan fingerprint density at radius 1 is 1.16 bits per heavy atom. The standard InChI is InChI=1S/C16H27N3/c1-18(2)9-6-10-19(3)13-15-12-17-11-14-7-4-5-8-16(14)15/h4-5,7-8,15,17H,6,9-13H2,1-3H3. The lowest BCUT2D eigenvalue weighted by Crippen LogP contribution is -2.36. The SMILES string of the molecule is CN(C)CCCN(C)CC1CNCc2ccccc21. The van der Waals surface area contributed by atoms with Gasteiger partial charge in [-0.15, -0.1) is 0 Å². The normalized spacial score (nSPS) is 18.9. The van der Waals surface area contributed by atoms with Gasteiger partial charge in [-0.1, -0.05) is 24.3 Å². The predicted molar refractivity (Wildman–Crippen MR) is 81.6 cm³/mol. The van der Waals surface area contributed by atoms with Crippen LogP contribution in [0.1, 0.15) is 23.5 Å². The van der Waals surface area contributed by atoms with E-state index in [1.807, 2.05) is 0 Å². The van der Waals surface area contributed by atoms with E-state index in [0.717, 1.165) is 19.6 Å². The number of likely N-dealkylation sites (N-methyl/N-ethyl adjacent to an activating group) is 1. The number of nitrogens with one attached hydrogen (secondary N) is 1. The third kappa shape index (κ3) is 4.30. The van der Waals surface area contributed by atoms with Crippen molar-refractivity contribution in [3.05, 3.63) is 35.4 Å². The van der Waals surface area contributed by atoms with E-state index in [1.165, 1.54) is 25.1 Å². The predicted octanol–water partition coefficient (Wildman–Crippen LogP) is 1.76. The Hall–Kier alpha value is -0.900. The summed E-state index contributed by atoms with van der Waals surface area (Å²) in [7, 11) is 6.52. The van der Waals surface area contributed by atoms with E-state index in [4.69, 9.17) is 0 Å². The van der Waals surface area contributed by atoms with Crippen LogP contribution in [0.15, 0.2) is 24.3 Å². The first-order chi connectivity index (χ1) is 9.16. The third-order valence-corrected chi connectivity index (χ3v) is 3.88. The van der Waals surface area contributed by atoms with Crippen molar-refractivity contribution in [3.63, 3.8) is 0 Å². The van der Waals surface area contributed by atoms with Gasteiger partial charge in [-0.3, -0.25) is 0 Å². The fraction of sp³-hybridized carbons (Fsp3) is 0.625. The summed E-state index contributed by atoms with van der Waals surface area (Å²) in [5.41, 5.74) is 3.01. The van der Waals surface area contributed by atoms with Gasteiger partial charge in [0, 0.05) is 25.6 Å². The maximum absolute atomic E-state index is 3.54. The van der Waals surface area contributed by atoms with Crippen LogP contribution in [-0.4, -0.2) is 57.1 Å². The average Bonchev–Trinajstić information content (AvgIpc) is 2.39. The van der Waals surface area contributed by atoms with Gasteiger partial charge in [0.05, 0.1) is 0 Å². The number of fused-ring (bicyclic) bond motifs is 1. The maximum atomic E-state index is 3.54. The Labute approximate surface area is 117 Å². The first-order valence-electron chi connectivity index (χ1n) is 7.28. The maximum Gasteiger partial charge on any atom is 0.0208 e. The minimum absolute atomic E-state index is 0.634. The van der Waals surface area contributed by atoms with Crippen LogP contribution in [-0.2, 0) is 6.54 Å². The highest BCUT2D eigenvalue weighted by atomic mass is 15.1. The molecule has 1 aromatic rings. The molecule has 1 aromatic carbocycles. The molecule has 1 N–H and O–H groups in total. The molecule has 0 amide bonds. The highest BCUT2D eigenvalue weighted by Gasteiger charge is 2.20. The van der Waals surface area contributed by atoms with Crippen LogP contribution in [0.5, 0.6) is 0 Å². The van der Waals surface area contributed by atoms with Crippen LogP contribution in [0.4, 0.5) is 0 Å². The smallest absolute Gasteiger partial charge is 0.0208 e. The van der Waals surface area contributed by atoms with Crippen molar-refractivity contribution in [2.75, 3.05) is 47.3 Å². The van der Waals surface area contributed by atoms with Gasteiger partial charge in [-0.2, -0.15) is 0 Å². The molecule has 19 heavy (non-hydrogen) atoms. The van der Waals surface area contributed by atoms with E-state index >= 15 is 0 Å². The van der Waals surface area contributed by atoms with Crippen molar-refractivity contribution < 1.29 is 0 Å². The molecule has 0 aromatic heterocycles. The first-order valence-corrected chi connectivity index (χ1v) is 7.28. The van der Waals surface area contributed by atoms with Crippen molar-refractivity contribution >= 4 is 0 Å². The summed E-state index contributed by atoms with van der Waals surface area (Å²) >= 11 is 0. The molecule has 0 radical (unpaired) electrons. The largest absolute Gasteiger partial charge is 0.312 e. The molecule has 3 nitrogen and oxygen atoms in total. The lowest BCUT2D eigenvalue weighted by atomic mass is 9.90. The molecule has 0 fully saturated rings. The number of hydrogen-bond acceptors (Lipinski definition) is 3. The summed E-state index contributed by atoms with van der Waals surface area (Å²) < 4.78 is 0. The molecule has 0 bridgehead atoms. The Bertz CT molecular complexity index is 389. The van der Waals surface area contributed by atoms with E-state index in [0.29, 0.717) is 5.92 Å². The molecule has 106 valence electrons. The molecule has 3 heteroatoms. The van der Waals surface area contributed by atoms with Crippen LogP contribution in [0.2, 0.25) is 0 Å². The minimum Gasteiger partial charge on any atom is -0.312 e. The van der Waals surface area contributed by atoms with Crippen molar-refractivity contribution in [3.8, 4) is 0 Å². The van der Waals surface area contributed by atoms with E-state index < -0.39 is 0 Å². The summed E-state index contributed by atoms with van der Waals surface area (Å²) in [6.45, 7) is 5.63. The molecular formula is C16H27N3. The van der Waals surface area contributed by atoms with Crippen LogP contribution < -0.4 is 5.32 Å². The fourth-order valence-corrected chi connectivity index (χ4v) is 2.87. The van der Waals surface area contributed by atoms with Crippen molar-refractivity contribution in [2.24, 2.45) is 0 Å². The second kappa shape index (κ2) is 7.04. The summed E-state index contributed by atoms with van der Waals surface area (Å²) in [4.78, 5) is 4.73. The van der Waals surface area contributed by atoms with E-state index in [-0.39, 0.29) is 0 Å². The van der Waals surface area contributed by atoms with Gasteiger partial charge in [0.25, 0.3) is 0 Å². The summed E-state index contributed by atoms with van der Waals surface area (Å²) in [5.74, 6) is 0.634. The highest BCUT2D eigenvalue weighted by molar-refractivity contribution is 5.32. The highest BCUT2D eigenvalue weighted by Crippen LogP contribution is 2.24. The second-order valence-corrected chi connectivity index (χ2v) is 5.95. The van der Waals surface area contributed by atoms with Gasteiger partial charge in [0.2, 0.25) is 0 Å². The number of nitrogens with zero attached hydrogens (tertiary/aromatic N) is 2. The molecule has 2 rings (SSSR count). The summed E-state index contributed by atoms with van der Waals surface area (Å²) in [5, 5.41) is 3.54. The fourth-order valence-electron chi connectivity index (χ4n) is 2.87. The molecule has 0 spiro atoms. The van der Waals surface area contributed by atoms with Crippen molar-refractivity contribution in [2.45, 2.75) is 18.9 Å². The molecule has 1 aliphatic rings. The lowest BCUT2D eigenvalue weighted by Gasteiger charge is -2.30. The van der Waals surface area contributed by atoms with E-state index in [2.05, 4.69) is 60.5 Å². The Morgan fingerprint density at radius 3 is 2.74 bits per heavy atom. The first kappa shape index (κ1) is 14.5. The molecule has 1 aliphatic heterocycles. The summed E-state index contributed by atoms with van der Waals surface area (Å²) in [6.07, 6.45) is 1.24. The average molecular weight is 261 g/mol. The van der Waals surface area contributed by atoms with Crippen LogP contribution in [0.3, 0.4) is 0 Å². The number of hydrogen-bond donors (Lipinski definition) is 1. The molecule has 1 atom stereocenters. The molecule has 0 saturated carbocycles. The van der Waals surface area contributed by atoms with Gasteiger partial charge in [-0.25, -0.2) is 0 Å². The Kier molecular flexibility index (Phi) is 5.37. The van der Waals surface area contributed by atoms with Gasteiger partial charge in [0.1, 0.15) is 0 Å². The monoisotopic (exact) mass is 261 g/mol. The van der Waals surface area contributed by atoms with Crippen LogP contribution >= 0.6 is 0 Å². The molecule has 1 unspecified atom stereocenters. The number of benzene rings is 1. The molecule has 1 heterocycles. The molecule has 0 saturated heterocycles. The van der Waals surface area contributed by atoms with Crippen molar-refractivity contribution in [1.82, 2.24) is 15.1 Å². The van der Waals surface area contributed by atoms with Crippen LogP contribution in [0, 0.1) is 0 Å². The van der Waals surface area contributed by atoms with E-state index in [9.17, 15) is 0 Å². The zero-order valence-corrected chi connectivity index (χ0v) is 12.5. The molecule has 0 aliphatic carbocycles. The zero-order valence-electron chi connectivity index (χ0n) is 12.5. The number of rotatable bonds is 6. The topological polar surface area (TPSA) is 18.5 Å². The summed E-state index contributed by atoms with van der Waals surface area (Å²) in [6, 6.07) is 8.86. The van der Waals surface area contributed by atoms with Crippen molar-refractivity contribution in [1.29, 1.82) is 0 Å². The lowest BCUT2D eigenvalue weighted by molar-refractivity contribution is 0.278. The van der Waals surface area contributed by atoms with Gasteiger partial charge >= 0.3 is 0 Å². The van der Waals surface area contributed by atoms with Gasteiger partial charge in [0.15, 0.2) is 0 Å². The second-order valence-electron chi connectivity index (χ2n) is 5.95. The van der Waals surface area contributed by atoms with Gasteiger partial charge < -0.3 is 15.1 Å². The third-order valence-electron chi connectivity index (χ3n) is 3.88. The van der Waals surface area contributed by atoms with Crippen LogP contribution in [0.25, 0.3) is 0 Å². The van der Waals surface area contributed by atoms with Gasteiger partial charge in [-0.05, 0) is 51.8 Å². The Balaban J connectivity index is 1.86. The molecular weight excluding hydrogens is 234 g/mol. The quantitative estimate of drug-likeness (QED) is 0.842. The minimum atomic E-state index is 0.634.